The Labute approximate surface area is 117 Å². The van der Waals surface area contributed by atoms with Crippen molar-refractivity contribution in [1.82, 2.24) is 10.3 Å². The summed E-state index contributed by atoms with van der Waals surface area (Å²) >= 11 is 1.75. The van der Waals surface area contributed by atoms with Gasteiger partial charge in [0, 0.05) is 22.8 Å². The monoisotopic (exact) mass is 277 g/mol. The van der Waals surface area contributed by atoms with Crippen LogP contribution in [0.25, 0.3) is 10.1 Å². The van der Waals surface area contributed by atoms with Gasteiger partial charge in [0.2, 0.25) is 0 Å². The average molecular weight is 277 g/mol. The molecule has 0 saturated carbocycles. The van der Waals surface area contributed by atoms with Gasteiger partial charge >= 0.3 is 0 Å². The molecule has 102 valence electrons. The van der Waals surface area contributed by atoms with E-state index in [1.807, 2.05) is 6.20 Å². The maximum absolute atomic E-state index is 5.87. The van der Waals surface area contributed by atoms with Crippen molar-refractivity contribution >= 4 is 27.2 Å². The molecule has 0 aliphatic carbocycles. The number of pyridine rings is 1. The third-order valence-corrected chi connectivity index (χ3v) is 4.30. The molecule has 1 aliphatic rings. The highest BCUT2D eigenvalue weighted by Gasteiger charge is 2.12. The normalized spacial score (nSPS) is 16.8. The molecule has 0 spiro atoms. The van der Waals surface area contributed by atoms with Crippen molar-refractivity contribution in [2.75, 3.05) is 31.6 Å². The van der Waals surface area contributed by atoms with Crippen molar-refractivity contribution < 1.29 is 4.74 Å². The van der Waals surface area contributed by atoms with Gasteiger partial charge in [-0.25, -0.2) is 4.98 Å². The fourth-order valence-electron chi connectivity index (χ4n) is 2.39. The Morgan fingerprint density at radius 1 is 1.37 bits per heavy atom. The summed E-state index contributed by atoms with van der Waals surface area (Å²) in [4.78, 5) is 4.39. The van der Waals surface area contributed by atoms with Gasteiger partial charge in [0.1, 0.15) is 5.82 Å². The van der Waals surface area contributed by atoms with Crippen LogP contribution in [-0.2, 0) is 4.74 Å². The van der Waals surface area contributed by atoms with Crippen LogP contribution in [0.2, 0.25) is 0 Å². The fourth-order valence-corrected chi connectivity index (χ4v) is 3.17. The maximum Gasteiger partial charge on any atom is 0.134 e. The fraction of sp³-hybridized carbons (Fsp3) is 0.500. The molecule has 0 radical (unpaired) electrons. The molecule has 2 aromatic rings. The van der Waals surface area contributed by atoms with E-state index in [1.165, 1.54) is 10.1 Å². The highest BCUT2D eigenvalue weighted by molar-refractivity contribution is 7.17. The van der Waals surface area contributed by atoms with Crippen molar-refractivity contribution in [1.29, 1.82) is 0 Å². The molecule has 1 saturated heterocycles. The van der Waals surface area contributed by atoms with E-state index in [0.29, 0.717) is 6.10 Å². The number of nitrogens with zero attached hydrogens (tertiary/aromatic N) is 1. The molecule has 3 rings (SSSR count). The first-order valence-electron chi connectivity index (χ1n) is 6.82. The molecule has 0 bridgehead atoms. The van der Waals surface area contributed by atoms with Gasteiger partial charge in [-0.05, 0) is 43.4 Å². The van der Waals surface area contributed by atoms with Gasteiger partial charge < -0.3 is 15.4 Å². The molecular formula is C14H19N3OS. The summed E-state index contributed by atoms with van der Waals surface area (Å²) in [7, 11) is 0. The Hall–Kier alpha value is -1.17. The molecular weight excluding hydrogens is 258 g/mol. The number of nitrogens with one attached hydrogen (secondary N) is 2. The Bertz CT molecular complexity index is 522. The number of rotatable bonds is 5. The molecule has 1 aliphatic heterocycles. The lowest BCUT2D eigenvalue weighted by Crippen LogP contribution is -2.33. The summed E-state index contributed by atoms with van der Waals surface area (Å²) in [5.74, 6) is 0.965. The van der Waals surface area contributed by atoms with E-state index in [9.17, 15) is 0 Å². The van der Waals surface area contributed by atoms with E-state index in [-0.39, 0.29) is 0 Å². The molecule has 19 heavy (non-hydrogen) atoms. The summed E-state index contributed by atoms with van der Waals surface area (Å²) in [5, 5.41) is 10.0. The first kappa shape index (κ1) is 12.8. The van der Waals surface area contributed by atoms with E-state index in [4.69, 9.17) is 4.74 Å². The maximum atomic E-state index is 5.87. The molecule has 2 N–H and O–H groups in total. The van der Waals surface area contributed by atoms with Crippen molar-refractivity contribution in [2.24, 2.45) is 0 Å². The van der Waals surface area contributed by atoms with Crippen LogP contribution in [0.5, 0.6) is 0 Å². The summed E-state index contributed by atoms with van der Waals surface area (Å²) < 4.78 is 7.15. The number of hydrogen-bond donors (Lipinski definition) is 2. The second-order valence-corrected chi connectivity index (χ2v) is 5.69. The van der Waals surface area contributed by atoms with Gasteiger partial charge in [-0.2, -0.15) is 0 Å². The standard InChI is InChI=1S/C14H19N3OS/c1-5-15-6-2-11(1)18-9-8-17-14-12-4-10-19-13(12)3-7-16-14/h3-4,7,10-11,15H,1-2,5-6,8-9H2,(H,16,17). The Morgan fingerprint density at radius 2 is 2.26 bits per heavy atom. The lowest BCUT2D eigenvalue weighted by molar-refractivity contribution is 0.0394. The van der Waals surface area contributed by atoms with Gasteiger partial charge in [0.05, 0.1) is 12.7 Å². The summed E-state index contributed by atoms with van der Waals surface area (Å²) in [5.41, 5.74) is 0. The van der Waals surface area contributed by atoms with Crippen molar-refractivity contribution in [3.8, 4) is 0 Å². The van der Waals surface area contributed by atoms with Crippen LogP contribution < -0.4 is 10.6 Å². The van der Waals surface area contributed by atoms with Crippen LogP contribution in [0.15, 0.2) is 23.7 Å². The minimum Gasteiger partial charge on any atom is -0.376 e. The first-order valence-corrected chi connectivity index (χ1v) is 7.70. The molecule has 1 fully saturated rings. The van der Waals surface area contributed by atoms with Gasteiger partial charge in [-0.15, -0.1) is 11.3 Å². The Morgan fingerprint density at radius 3 is 3.16 bits per heavy atom. The molecule has 0 amide bonds. The van der Waals surface area contributed by atoms with Gasteiger partial charge in [-0.1, -0.05) is 0 Å². The number of fused-ring (bicyclic) bond motifs is 1. The predicted molar refractivity (Wildman–Crippen MR) is 80.0 cm³/mol. The number of piperidine rings is 1. The van der Waals surface area contributed by atoms with E-state index in [1.54, 1.807) is 11.3 Å². The lowest BCUT2D eigenvalue weighted by atomic mass is 10.1. The topological polar surface area (TPSA) is 46.2 Å². The molecule has 2 aromatic heterocycles. The molecule has 0 atom stereocenters. The average Bonchev–Trinajstić information content (AvgIpc) is 2.94. The third-order valence-electron chi connectivity index (χ3n) is 3.41. The third kappa shape index (κ3) is 3.23. The molecule has 5 heteroatoms. The zero-order valence-electron chi connectivity index (χ0n) is 10.9. The molecule has 3 heterocycles. The largest absolute Gasteiger partial charge is 0.376 e. The minimum atomic E-state index is 0.424. The first-order chi connectivity index (χ1) is 9.43. The Balaban J connectivity index is 1.48. The highest BCUT2D eigenvalue weighted by atomic mass is 32.1. The van der Waals surface area contributed by atoms with Gasteiger partial charge in [0.15, 0.2) is 0 Å². The van der Waals surface area contributed by atoms with Crippen molar-refractivity contribution in [3.05, 3.63) is 23.7 Å². The number of ether oxygens (including phenoxy) is 1. The van der Waals surface area contributed by atoms with Crippen LogP contribution >= 0.6 is 11.3 Å². The summed E-state index contributed by atoms with van der Waals surface area (Å²) in [6, 6.07) is 4.17. The van der Waals surface area contributed by atoms with Gasteiger partial charge in [0.25, 0.3) is 0 Å². The van der Waals surface area contributed by atoms with E-state index >= 15 is 0 Å². The van der Waals surface area contributed by atoms with E-state index in [0.717, 1.165) is 44.9 Å². The van der Waals surface area contributed by atoms with Crippen LogP contribution in [0, 0.1) is 0 Å². The number of anilines is 1. The second-order valence-electron chi connectivity index (χ2n) is 4.74. The van der Waals surface area contributed by atoms with Gasteiger partial charge in [-0.3, -0.25) is 0 Å². The zero-order chi connectivity index (χ0) is 12.9. The van der Waals surface area contributed by atoms with E-state index < -0.39 is 0 Å². The summed E-state index contributed by atoms with van der Waals surface area (Å²) in [6.07, 6.45) is 4.53. The van der Waals surface area contributed by atoms with Crippen LogP contribution in [0.3, 0.4) is 0 Å². The molecule has 0 unspecified atom stereocenters. The van der Waals surface area contributed by atoms with E-state index in [2.05, 4.69) is 33.1 Å². The molecule has 0 aromatic carbocycles. The number of hydrogen-bond acceptors (Lipinski definition) is 5. The predicted octanol–water partition coefficient (Wildman–Crippen LogP) is 2.48. The number of aromatic nitrogens is 1. The second kappa shape index (κ2) is 6.32. The Kier molecular flexibility index (Phi) is 4.27. The smallest absolute Gasteiger partial charge is 0.134 e. The lowest BCUT2D eigenvalue weighted by Gasteiger charge is -2.23. The molecule has 4 nitrogen and oxygen atoms in total. The van der Waals surface area contributed by atoms with Crippen molar-refractivity contribution in [2.45, 2.75) is 18.9 Å². The summed E-state index contributed by atoms with van der Waals surface area (Å²) in [6.45, 7) is 3.71. The van der Waals surface area contributed by atoms with Crippen LogP contribution in [0.4, 0.5) is 5.82 Å². The van der Waals surface area contributed by atoms with Crippen LogP contribution in [-0.4, -0.2) is 37.3 Å². The van der Waals surface area contributed by atoms with Crippen molar-refractivity contribution in [3.63, 3.8) is 0 Å². The SMILES string of the molecule is c1cc2sccc2c(NCCOC2CCNCC2)n1. The number of thiophene rings is 1. The minimum absolute atomic E-state index is 0.424. The zero-order valence-corrected chi connectivity index (χ0v) is 11.7. The highest BCUT2D eigenvalue weighted by Crippen LogP contribution is 2.25. The van der Waals surface area contributed by atoms with Crippen LogP contribution in [0.1, 0.15) is 12.8 Å². The quantitative estimate of drug-likeness (QED) is 0.824.